The topological polar surface area (TPSA) is 96.5 Å². The highest BCUT2D eigenvalue weighted by Gasteiger charge is 2.23. The van der Waals surface area contributed by atoms with Crippen LogP contribution >= 0.6 is 11.3 Å². The molecule has 1 saturated carbocycles. The fraction of sp³-hybridized carbons (Fsp3) is 0.259. The number of nitrogens with one attached hydrogen (secondary N) is 2. The highest BCUT2D eigenvalue weighted by Crippen LogP contribution is 2.39. The summed E-state index contributed by atoms with van der Waals surface area (Å²) in [5, 5.41) is 5.45. The van der Waals surface area contributed by atoms with E-state index in [-0.39, 0.29) is 23.7 Å². The predicted octanol–water partition coefficient (Wildman–Crippen LogP) is 5.70. The summed E-state index contributed by atoms with van der Waals surface area (Å²) < 4.78 is 21.5. The molecule has 2 aliphatic rings. The molecule has 6 rings (SSSR count). The summed E-state index contributed by atoms with van der Waals surface area (Å²) in [4.78, 5) is 35.6. The number of urea groups is 1. The van der Waals surface area contributed by atoms with E-state index >= 15 is 0 Å². The van der Waals surface area contributed by atoms with Crippen LogP contribution in [0.3, 0.4) is 0 Å². The maximum Gasteiger partial charge on any atom is 0.319 e. The minimum Gasteiger partial charge on any atom is -0.453 e. The fourth-order valence-electron chi connectivity index (χ4n) is 4.24. The largest absolute Gasteiger partial charge is 0.453 e. The third-order valence-corrected chi connectivity index (χ3v) is 7.48. The second kappa shape index (κ2) is 9.78. The summed E-state index contributed by atoms with van der Waals surface area (Å²) in [6.45, 7) is 1.37. The van der Waals surface area contributed by atoms with Gasteiger partial charge in [0.15, 0.2) is 11.6 Å². The van der Waals surface area contributed by atoms with Crippen LogP contribution in [-0.4, -0.2) is 39.4 Å². The number of ether oxygens (including phenoxy) is 1. The Morgan fingerprint density at radius 2 is 2.03 bits per heavy atom. The van der Waals surface area contributed by atoms with Crippen LogP contribution in [0.1, 0.15) is 31.2 Å². The molecule has 188 valence electrons. The van der Waals surface area contributed by atoms with Crippen molar-refractivity contribution in [1.29, 1.82) is 0 Å². The van der Waals surface area contributed by atoms with E-state index in [1.54, 1.807) is 24.5 Å². The number of nitrogens with zero attached hydrogens (tertiary/aromatic N) is 3. The Bertz CT molecular complexity index is 1490. The number of fused-ring (bicyclic) bond motifs is 1. The molecule has 1 aromatic carbocycles. The second-order valence-electron chi connectivity index (χ2n) is 9.22. The van der Waals surface area contributed by atoms with Gasteiger partial charge in [-0.2, -0.15) is 0 Å². The van der Waals surface area contributed by atoms with E-state index in [0.717, 1.165) is 52.2 Å². The van der Waals surface area contributed by atoms with Gasteiger partial charge in [0.05, 0.1) is 20.8 Å². The third-order valence-electron chi connectivity index (χ3n) is 6.32. The van der Waals surface area contributed by atoms with Gasteiger partial charge in [0.2, 0.25) is 5.91 Å². The molecule has 1 saturated heterocycles. The molecule has 2 N–H and O–H groups in total. The second-order valence-corrected chi connectivity index (χ2v) is 10.3. The number of carbonyl (C=O) groups is 2. The van der Waals surface area contributed by atoms with Crippen LogP contribution in [0.2, 0.25) is 0 Å². The molecule has 3 amide bonds. The molecule has 3 aromatic heterocycles. The summed E-state index contributed by atoms with van der Waals surface area (Å²) in [5.74, 6) is 0.138. The van der Waals surface area contributed by atoms with Crippen molar-refractivity contribution in [3.8, 4) is 22.1 Å². The molecule has 4 heterocycles. The number of thiophene rings is 1. The zero-order chi connectivity index (χ0) is 25.4. The molecular weight excluding hydrogens is 493 g/mol. The van der Waals surface area contributed by atoms with Gasteiger partial charge in [-0.15, -0.1) is 11.3 Å². The highest BCUT2D eigenvalue weighted by molar-refractivity contribution is 7.22. The SMILES string of the molecule is O=C(Nc1ccc(Oc2ccnc3cc(-c4ccc(CN5CCCC5=O)cn4)sc23)c(F)c1)NC1CC1. The zero-order valence-electron chi connectivity index (χ0n) is 19.9. The van der Waals surface area contributed by atoms with Crippen molar-refractivity contribution in [3.05, 3.63) is 66.2 Å². The van der Waals surface area contributed by atoms with Gasteiger partial charge in [-0.1, -0.05) is 6.07 Å². The van der Waals surface area contributed by atoms with E-state index in [2.05, 4.69) is 20.6 Å². The van der Waals surface area contributed by atoms with E-state index in [0.29, 0.717) is 24.4 Å². The van der Waals surface area contributed by atoms with Crippen LogP contribution in [0.15, 0.2) is 54.9 Å². The average Bonchev–Trinajstić information content (AvgIpc) is 3.43. The first kappa shape index (κ1) is 23.4. The first-order valence-corrected chi connectivity index (χ1v) is 13.0. The van der Waals surface area contributed by atoms with E-state index in [1.807, 2.05) is 23.1 Å². The number of hydrogen-bond acceptors (Lipinski definition) is 6. The van der Waals surface area contributed by atoms with Crippen molar-refractivity contribution in [3.63, 3.8) is 0 Å². The van der Waals surface area contributed by atoms with Gasteiger partial charge < -0.3 is 20.3 Å². The summed E-state index contributed by atoms with van der Waals surface area (Å²) in [7, 11) is 0. The molecular formula is C27H24FN5O3S. The lowest BCUT2D eigenvalue weighted by Crippen LogP contribution is -2.30. The normalized spacial score (nSPS) is 15.3. The monoisotopic (exact) mass is 517 g/mol. The number of aromatic nitrogens is 2. The predicted molar refractivity (Wildman–Crippen MR) is 139 cm³/mol. The third kappa shape index (κ3) is 5.24. The number of carbonyl (C=O) groups excluding carboxylic acids is 2. The van der Waals surface area contributed by atoms with Gasteiger partial charge in [-0.3, -0.25) is 14.8 Å². The van der Waals surface area contributed by atoms with Gasteiger partial charge >= 0.3 is 6.03 Å². The summed E-state index contributed by atoms with van der Waals surface area (Å²) in [6, 6.07) is 11.8. The number of anilines is 1. The number of amides is 3. The molecule has 0 radical (unpaired) electrons. The Balaban J connectivity index is 1.18. The maximum absolute atomic E-state index is 14.8. The molecule has 10 heteroatoms. The zero-order valence-corrected chi connectivity index (χ0v) is 20.7. The molecule has 1 aliphatic heterocycles. The number of rotatable bonds is 7. The van der Waals surface area contributed by atoms with E-state index in [4.69, 9.17) is 4.74 Å². The number of halogens is 1. The molecule has 37 heavy (non-hydrogen) atoms. The van der Waals surface area contributed by atoms with Gasteiger partial charge in [-0.25, -0.2) is 9.18 Å². The maximum atomic E-state index is 14.8. The molecule has 1 aliphatic carbocycles. The van der Waals surface area contributed by atoms with Crippen molar-refractivity contribution >= 4 is 39.2 Å². The minimum absolute atomic E-state index is 0.0505. The van der Waals surface area contributed by atoms with Crippen LogP contribution in [0.4, 0.5) is 14.9 Å². The van der Waals surface area contributed by atoms with E-state index < -0.39 is 5.82 Å². The van der Waals surface area contributed by atoms with Crippen LogP contribution in [0, 0.1) is 5.82 Å². The summed E-state index contributed by atoms with van der Waals surface area (Å²) in [5.41, 5.74) is 2.85. The number of benzene rings is 1. The molecule has 8 nitrogen and oxygen atoms in total. The lowest BCUT2D eigenvalue weighted by atomic mass is 10.2. The van der Waals surface area contributed by atoms with Crippen molar-refractivity contribution in [2.24, 2.45) is 0 Å². The lowest BCUT2D eigenvalue weighted by Gasteiger charge is -2.15. The molecule has 4 aromatic rings. The first-order chi connectivity index (χ1) is 18.0. The Morgan fingerprint density at radius 1 is 1.14 bits per heavy atom. The van der Waals surface area contributed by atoms with Crippen molar-refractivity contribution < 1.29 is 18.7 Å². The van der Waals surface area contributed by atoms with Crippen molar-refractivity contribution in [1.82, 2.24) is 20.2 Å². The molecule has 0 unspecified atom stereocenters. The quantitative estimate of drug-likeness (QED) is 0.328. The Morgan fingerprint density at radius 3 is 2.76 bits per heavy atom. The number of pyridine rings is 2. The van der Waals surface area contributed by atoms with E-state index in [1.165, 1.54) is 23.5 Å². The minimum atomic E-state index is -0.584. The fourth-order valence-corrected chi connectivity index (χ4v) is 5.28. The average molecular weight is 518 g/mol. The molecule has 2 fully saturated rings. The standard InChI is InChI=1S/C27H24FN5O3S/c28-19-12-18(32-27(35)31-17-4-5-17)6-8-22(19)36-23-9-10-29-21-13-24(37-26(21)23)20-7-3-16(14-30-20)15-33-11-1-2-25(33)34/h3,6-10,12-14,17H,1-2,4-5,11,15H2,(H2,31,32,35). The van der Waals surface area contributed by atoms with Gasteiger partial charge in [0.25, 0.3) is 0 Å². The van der Waals surface area contributed by atoms with Crippen LogP contribution < -0.4 is 15.4 Å². The van der Waals surface area contributed by atoms with Crippen LogP contribution in [-0.2, 0) is 11.3 Å². The number of likely N-dealkylation sites (tertiary alicyclic amines) is 1. The first-order valence-electron chi connectivity index (χ1n) is 12.2. The Labute approximate surface area is 216 Å². The summed E-state index contributed by atoms with van der Waals surface area (Å²) in [6.07, 6.45) is 6.89. The van der Waals surface area contributed by atoms with Crippen molar-refractivity contribution in [2.75, 3.05) is 11.9 Å². The lowest BCUT2D eigenvalue weighted by molar-refractivity contribution is -0.128. The number of hydrogen-bond donors (Lipinski definition) is 2. The smallest absolute Gasteiger partial charge is 0.319 e. The van der Waals surface area contributed by atoms with E-state index in [9.17, 15) is 14.0 Å². The van der Waals surface area contributed by atoms with Gasteiger partial charge in [0, 0.05) is 55.8 Å². The summed E-state index contributed by atoms with van der Waals surface area (Å²) >= 11 is 1.46. The highest BCUT2D eigenvalue weighted by atomic mass is 32.1. The van der Waals surface area contributed by atoms with Crippen molar-refractivity contribution in [2.45, 2.75) is 38.3 Å². The van der Waals surface area contributed by atoms with Gasteiger partial charge in [0.1, 0.15) is 5.75 Å². The molecule has 0 spiro atoms. The van der Waals surface area contributed by atoms with Crippen LogP contribution in [0.25, 0.3) is 20.8 Å². The Hall–Kier alpha value is -4.05. The van der Waals surface area contributed by atoms with Gasteiger partial charge in [-0.05, 0) is 49.1 Å². The molecule has 0 atom stereocenters. The molecule has 0 bridgehead atoms. The van der Waals surface area contributed by atoms with Crippen LogP contribution in [0.5, 0.6) is 11.5 Å². The Kier molecular flexibility index (Phi) is 6.17.